The molecule has 11 heteroatoms. The van der Waals surface area contributed by atoms with Crippen molar-refractivity contribution in [3.05, 3.63) is 99.5 Å². The van der Waals surface area contributed by atoms with Crippen LogP contribution in [0.25, 0.3) is 22.0 Å². The Morgan fingerprint density at radius 1 is 1.07 bits per heavy atom. The summed E-state index contributed by atoms with van der Waals surface area (Å²) < 4.78 is 36.0. The van der Waals surface area contributed by atoms with Gasteiger partial charge in [0.15, 0.2) is 0 Å². The van der Waals surface area contributed by atoms with E-state index in [4.69, 9.17) is 16.3 Å². The Bertz CT molecular complexity index is 1910. The van der Waals surface area contributed by atoms with Crippen LogP contribution in [0.4, 0.5) is 0 Å². The molecule has 224 valence electrons. The van der Waals surface area contributed by atoms with Crippen molar-refractivity contribution in [3.63, 3.8) is 0 Å². The zero-order valence-corrected chi connectivity index (χ0v) is 25.9. The van der Waals surface area contributed by atoms with Crippen molar-refractivity contribution >= 4 is 38.4 Å². The molecule has 3 N–H and O–H groups in total. The highest BCUT2D eigenvalue weighted by Crippen LogP contribution is 2.36. The molecule has 43 heavy (non-hydrogen) atoms. The van der Waals surface area contributed by atoms with Crippen LogP contribution in [0.1, 0.15) is 45.0 Å². The molecule has 0 aliphatic heterocycles. The zero-order chi connectivity index (χ0) is 30.9. The summed E-state index contributed by atoms with van der Waals surface area (Å²) in [6, 6.07) is 17.2. The molecule has 0 spiro atoms. The van der Waals surface area contributed by atoms with Crippen LogP contribution in [0.3, 0.4) is 0 Å². The van der Waals surface area contributed by atoms with E-state index in [1.54, 1.807) is 29.9 Å². The van der Waals surface area contributed by atoms with E-state index in [9.17, 15) is 18.3 Å². The van der Waals surface area contributed by atoms with E-state index < -0.39 is 15.9 Å². The number of aryl methyl sites for hydroxylation is 4. The monoisotopic (exact) mass is 620 g/mol. The smallest absolute Gasteiger partial charge is 0.281 e. The second-order valence-corrected chi connectivity index (χ2v) is 12.5. The van der Waals surface area contributed by atoms with E-state index in [-0.39, 0.29) is 17.2 Å². The number of nitrogens with zero attached hydrogens (tertiary/aromatic N) is 2. The molecule has 0 aliphatic carbocycles. The third kappa shape index (κ3) is 6.04. The quantitative estimate of drug-likeness (QED) is 0.170. The number of aromatic amines is 1. The lowest BCUT2D eigenvalue weighted by Gasteiger charge is -2.11. The number of halogens is 1. The van der Waals surface area contributed by atoms with E-state index in [0.717, 1.165) is 33.3 Å². The first-order valence-corrected chi connectivity index (χ1v) is 15.7. The highest BCUT2D eigenvalue weighted by Gasteiger charge is 2.26. The second-order valence-electron chi connectivity index (χ2n) is 10.5. The molecule has 0 saturated heterocycles. The van der Waals surface area contributed by atoms with Crippen LogP contribution in [0.5, 0.6) is 5.75 Å². The first-order chi connectivity index (χ1) is 20.5. The highest BCUT2D eigenvalue weighted by molar-refractivity contribution is 7.90. The van der Waals surface area contributed by atoms with Crippen molar-refractivity contribution in [1.29, 1.82) is 0 Å². The Balaban J connectivity index is 1.52. The van der Waals surface area contributed by atoms with Crippen molar-refractivity contribution in [3.8, 4) is 16.9 Å². The number of sulfonamides is 1. The van der Waals surface area contributed by atoms with Gasteiger partial charge in [0.25, 0.3) is 15.9 Å². The van der Waals surface area contributed by atoms with E-state index in [0.29, 0.717) is 47.0 Å². The molecule has 0 saturated carbocycles. The van der Waals surface area contributed by atoms with Gasteiger partial charge in [-0.3, -0.25) is 9.48 Å². The molecule has 0 atom stereocenters. The number of H-pyrrole nitrogens is 1. The minimum absolute atomic E-state index is 0.0118. The number of hydrogen-bond donors (Lipinski definition) is 3. The number of amides is 1. The van der Waals surface area contributed by atoms with Crippen LogP contribution in [0.2, 0.25) is 5.02 Å². The number of aromatic nitrogens is 3. The van der Waals surface area contributed by atoms with E-state index in [1.165, 1.54) is 12.1 Å². The molecule has 3 aromatic carbocycles. The SMILES string of the molecule is Cc1cc(OCCCc2c(C(=O)NS(=O)(=O)c3ccccc3)[nH]c3c(-c4c(CO)nn(C)c4C)cccc23)cc(C)c1Cl. The minimum atomic E-state index is -4.11. The van der Waals surface area contributed by atoms with Gasteiger partial charge in [-0.05, 0) is 74.6 Å². The first kappa shape index (κ1) is 30.3. The first-order valence-electron chi connectivity index (χ1n) is 13.8. The number of para-hydroxylation sites is 1. The van der Waals surface area contributed by atoms with Crippen LogP contribution in [0, 0.1) is 20.8 Å². The number of carbonyl (C=O) groups is 1. The van der Waals surface area contributed by atoms with Crippen LogP contribution in [-0.2, 0) is 30.1 Å². The number of hydrogen-bond acceptors (Lipinski definition) is 6. The van der Waals surface area contributed by atoms with Gasteiger partial charge in [0, 0.05) is 34.3 Å². The summed E-state index contributed by atoms with van der Waals surface area (Å²) in [6.45, 7) is 5.86. The van der Waals surface area contributed by atoms with E-state index in [2.05, 4.69) is 14.8 Å². The molecule has 0 aliphatic rings. The number of nitrogens with one attached hydrogen (secondary N) is 2. The number of ether oxygens (including phenoxy) is 1. The Morgan fingerprint density at radius 2 is 1.77 bits per heavy atom. The van der Waals surface area contributed by atoms with Gasteiger partial charge in [-0.2, -0.15) is 5.10 Å². The lowest BCUT2D eigenvalue weighted by molar-refractivity contribution is 0.0976. The molecule has 9 nitrogen and oxygen atoms in total. The summed E-state index contributed by atoms with van der Waals surface area (Å²) in [6.07, 6.45) is 0.986. The van der Waals surface area contributed by atoms with Crippen molar-refractivity contribution in [2.45, 2.75) is 45.1 Å². The van der Waals surface area contributed by atoms with Crippen LogP contribution >= 0.6 is 11.6 Å². The minimum Gasteiger partial charge on any atom is -0.494 e. The normalized spacial score (nSPS) is 11.7. The maximum Gasteiger partial charge on any atom is 0.281 e. The van der Waals surface area contributed by atoms with Gasteiger partial charge in [0.05, 0.1) is 29.3 Å². The van der Waals surface area contributed by atoms with Crippen molar-refractivity contribution < 1.29 is 23.1 Å². The van der Waals surface area contributed by atoms with E-state index >= 15 is 0 Å². The predicted octanol–water partition coefficient (Wildman–Crippen LogP) is 5.77. The summed E-state index contributed by atoms with van der Waals surface area (Å²) in [5.41, 5.74) is 6.15. The number of benzene rings is 3. The molecule has 1 amide bonds. The van der Waals surface area contributed by atoms with Gasteiger partial charge in [-0.15, -0.1) is 0 Å². The van der Waals surface area contributed by atoms with Gasteiger partial charge in [-0.25, -0.2) is 13.1 Å². The summed E-state index contributed by atoms with van der Waals surface area (Å²) in [5, 5.41) is 15.9. The average Bonchev–Trinajstić information content (AvgIpc) is 3.50. The second kappa shape index (κ2) is 12.2. The van der Waals surface area contributed by atoms with Gasteiger partial charge < -0.3 is 14.8 Å². The standard InChI is InChI=1S/C32H33ClN4O5S/c1-19-16-22(17-20(2)29(19)33)42-15-9-14-25-24-12-8-13-26(28-21(3)37(4)35-27(28)18-38)30(24)34-31(25)32(39)36-43(40,41)23-10-6-5-7-11-23/h5-8,10-13,16-17,34,38H,9,14-15,18H2,1-4H3,(H,36,39). The highest BCUT2D eigenvalue weighted by atomic mass is 35.5. The average molecular weight is 621 g/mol. The van der Waals surface area contributed by atoms with Crippen LogP contribution in [-0.4, -0.2) is 40.8 Å². The fraction of sp³-hybridized carbons (Fsp3) is 0.250. The predicted molar refractivity (Wildman–Crippen MR) is 167 cm³/mol. The van der Waals surface area contributed by atoms with Gasteiger partial charge >= 0.3 is 0 Å². The van der Waals surface area contributed by atoms with Gasteiger partial charge in [0.2, 0.25) is 0 Å². The lowest BCUT2D eigenvalue weighted by Crippen LogP contribution is -2.31. The lowest BCUT2D eigenvalue weighted by atomic mass is 9.98. The van der Waals surface area contributed by atoms with E-state index in [1.807, 2.05) is 51.1 Å². The van der Waals surface area contributed by atoms with Crippen molar-refractivity contribution in [2.24, 2.45) is 7.05 Å². The molecule has 0 unspecified atom stereocenters. The zero-order valence-electron chi connectivity index (χ0n) is 24.4. The largest absolute Gasteiger partial charge is 0.494 e. The summed E-state index contributed by atoms with van der Waals surface area (Å²) in [7, 11) is -2.31. The summed E-state index contributed by atoms with van der Waals surface area (Å²) in [5.74, 6) is -0.0627. The Kier molecular flexibility index (Phi) is 8.64. The van der Waals surface area contributed by atoms with Crippen molar-refractivity contribution in [2.75, 3.05) is 6.61 Å². The third-order valence-corrected chi connectivity index (χ3v) is 9.47. The van der Waals surface area contributed by atoms with Crippen molar-refractivity contribution in [1.82, 2.24) is 19.5 Å². The maximum atomic E-state index is 13.6. The summed E-state index contributed by atoms with van der Waals surface area (Å²) in [4.78, 5) is 16.8. The maximum absolute atomic E-state index is 13.6. The van der Waals surface area contributed by atoms with Crippen LogP contribution in [0.15, 0.2) is 65.6 Å². The Morgan fingerprint density at radius 3 is 2.44 bits per heavy atom. The molecule has 2 aromatic heterocycles. The molecule has 0 fully saturated rings. The van der Waals surface area contributed by atoms with Crippen LogP contribution < -0.4 is 9.46 Å². The number of carbonyl (C=O) groups excluding carboxylic acids is 1. The number of rotatable bonds is 10. The molecule has 5 rings (SSSR count). The number of fused-ring (bicyclic) bond motifs is 1. The molecular formula is C32H33ClN4O5S. The molecule has 5 aromatic rings. The van der Waals surface area contributed by atoms with Gasteiger partial charge in [0.1, 0.15) is 11.4 Å². The van der Waals surface area contributed by atoms with Gasteiger partial charge in [-0.1, -0.05) is 48.0 Å². The number of aliphatic hydroxyl groups excluding tert-OH is 1. The molecular weight excluding hydrogens is 588 g/mol. The summed E-state index contributed by atoms with van der Waals surface area (Å²) >= 11 is 6.29. The Labute approximate surface area is 255 Å². The fourth-order valence-corrected chi connectivity index (χ4v) is 6.42. The fourth-order valence-electron chi connectivity index (χ4n) is 5.33. The topological polar surface area (TPSA) is 126 Å². The third-order valence-electron chi connectivity index (χ3n) is 7.52. The molecule has 2 heterocycles. The molecule has 0 bridgehead atoms. The Hall–Kier alpha value is -4.12. The number of aliphatic hydroxyl groups is 1. The molecule has 0 radical (unpaired) electrons.